The number of hydrogen-bond donors (Lipinski definition) is 2. The topological polar surface area (TPSA) is 114 Å². The Balaban J connectivity index is 0.000000244. The first-order valence-corrected chi connectivity index (χ1v) is 14.4. The number of H-pyrrole nitrogens is 1. The first-order chi connectivity index (χ1) is 20.6. The molecule has 4 heterocycles. The van der Waals surface area contributed by atoms with Crippen molar-refractivity contribution >= 4 is 11.6 Å². The minimum Gasteiger partial charge on any atom is -0.480 e. The van der Waals surface area contributed by atoms with E-state index in [0.29, 0.717) is 5.88 Å². The number of ether oxygens (including phenoxy) is 1. The monoisotopic (exact) mass is 561 g/mol. The zero-order valence-electron chi connectivity index (χ0n) is 23.8. The number of nitrogens with two attached hydrogens (primary N) is 1. The van der Waals surface area contributed by atoms with E-state index in [4.69, 9.17) is 20.6 Å². The third-order valence-electron chi connectivity index (χ3n) is 8.03. The number of benzene rings is 2. The van der Waals surface area contributed by atoms with Crippen molar-refractivity contribution in [3.05, 3.63) is 90.8 Å². The van der Waals surface area contributed by atoms with Crippen molar-refractivity contribution in [2.45, 2.75) is 38.1 Å². The number of rotatable bonds is 5. The number of aryl methyl sites for hydroxylation is 2. The molecule has 3 N–H and O–H groups in total. The first kappa shape index (κ1) is 27.4. The number of fused-ring (bicyclic) bond motifs is 2. The zero-order chi connectivity index (χ0) is 29.1. The molecular weight excluding hydrogens is 526 g/mol. The van der Waals surface area contributed by atoms with Crippen molar-refractivity contribution in [2.24, 2.45) is 5.73 Å². The molecule has 9 nitrogen and oxygen atoms in total. The second kappa shape index (κ2) is 12.0. The summed E-state index contributed by atoms with van der Waals surface area (Å²) in [5, 5.41) is 11.8. The third kappa shape index (κ3) is 5.43. The van der Waals surface area contributed by atoms with Gasteiger partial charge in [-0.3, -0.25) is 9.89 Å². The van der Waals surface area contributed by atoms with E-state index in [2.05, 4.69) is 47.1 Å². The number of hydrogen-bond acceptors (Lipinski definition) is 6. The molecule has 1 fully saturated rings. The van der Waals surface area contributed by atoms with Crippen molar-refractivity contribution in [3.8, 4) is 39.5 Å². The lowest BCUT2D eigenvalue weighted by Crippen LogP contribution is -2.42. The fourth-order valence-corrected chi connectivity index (χ4v) is 5.73. The number of carbonyl (C=O) groups is 1. The molecule has 42 heavy (non-hydrogen) atoms. The van der Waals surface area contributed by atoms with Crippen LogP contribution in [-0.2, 0) is 17.6 Å². The van der Waals surface area contributed by atoms with Crippen molar-refractivity contribution < 1.29 is 9.53 Å². The van der Waals surface area contributed by atoms with Crippen LogP contribution in [0, 0.1) is 0 Å². The van der Waals surface area contributed by atoms with Gasteiger partial charge in [-0.25, -0.2) is 9.50 Å². The molecular formula is C33H35N7O2. The van der Waals surface area contributed by atoms with E-state index in [1.54, 1.807) is 18.2 Å². The molecule has 0 radical (unpaired) electrons. The van der Waals surface area contributed by atoms with Crippen LogP contribution >= 0.6 is 0 Å². The highest BCUT2D eigenvalue weighted by Gasteiger charge is 2.23. The van der Waals surface area contributed by atoms with Gasteiger partial charge in [0, 0.05) is 53.6 Å². The summed E-state index contributed by atoms with van der Waals surface area (Å²) in [5.41, 5.74) is 15.2. The lowest BCUT2D eigenvalue weighted by molar-refractivity contribution is -0.126. The maximum atomic E-state index is 11.0. The SMILES string of the molecule is C=CC(=O)N1CCC(N)CC1.COc1cc(-c2cn[nH]c2)c2nc(-c3ccc4c(c3)CCC4)c(-c3ccccc3)n2n1. The van der Waals surface area contributed by atoms with Gasteiger partial charge in [-0.05, 0) is 55.4 Å². The molecule has 1 aliphatic heterocycles. The molecule has 0 unspecified atom stereocenters. The van der Waals surface area contributed by atoms with E-state index in [9.17, 15) is 4.79 Å². The smallest absolute Gasteiger partial charge is 0.245 e. The van der Waals surface area contributed by atoms with Crippen LogP contribution in [0.15, 0.2) is 79.6 Å². The zero-order valence-corrected chi connectivity index (χ0v) is 23.8. The van der Waals surface area contributed by atoms with E-state index in [-0.39, 0.29) is 11.9 Å². The Kier molecular flexibility index (Phi) is 7.83. The molecule has 214 valence electrons. The Morgan fingerprint density at radius 1 is 1.05 bits per heavy atom. The van der Waals surface area contributed by atoms with Crippen LogP contribution in [-0.4, -0.2) is 61.8 Å². The number of nitrogens with zero attached hydrogens (tertiary/aromatic N) is 5. The maximum Gasteiger partial charge on any atom is 0.245 e. The Morgan fingerprint density at radius 2 is 1.83 bits per heavy atom. The molecule has 0 saturated carbocycles. The molecule has 2 aliphatic rings. The van der Waals surface area contributed by atoms with E-state index in [1.807, 2.05) is 35.0 Å². The summed E-state index contributed by atoms with van der Waals surface area (Å²) in [7, 11) is 1.63. The van der Waals surface area contributed by atoms with Crippen LogP contribution in [0.1, 0.15) is 30.4 Å². The number of amides is 1. The quantitative estimate of drug-likeness (QED) is 0.290. The number of likely N-dealkylation sites (tertiary alicyclic amines) is 1. The summed E-state index contributed by atoms with van der Waals surface area (Å²) in [6, 6.07) is 19.2. The van der Waals surface area contributed by atoms with Gasteiger partial charge in [-0.1, -0.05) is 49.0 Å². The lowest BCUT2D eigenvalue weighted by atomic mass is 10.0. The van der Waals surface area contributed by atoms with Gasteiger partial charge in [0.05, 0.1) is 19.0 Å². The largest absolute Gasteiger partial charge is 0.480 e. The molecule has 7 rings (SSSR count). The van der Waals surface area contributed by atoms with Crippen LogP contribution in [0.2, 0.25) is 0 Å². The standard InChI is InChI=1S/C25H21N5O.C8H14N2O/c1-31-22-13-21(20-14-26-27-15-20)25-28-23(19-11-10-16-8-5-9-18(16)12-19)24(30(25)29-22)17-6-3-2-4-7-17;1-2-8(11)10-5-3-7(9)4-6-10/h2-4,6-7,10-15H,5,8-9H2,1H3,(H,26,27);2,7H,1,3-6,9H2. The highest BCUT2D eigenvalue weighted by atomic mass is 16.5. The predicted octanol–water partition coefficient (Wildman–Crippen LogP) is 5.07. The highest BCUT2D eigenvalue weighted by molar-refractivity contribution is 5.88. The van der Waals surface area contributed by atoms with Crippen LogP contribution in [0.4, 0.5) is 0 Å². The maximum absolute atomic E-state index is 11.0. The molecule has 0 spiro atoms. The Hall–Kier alpha value is -4.76. The second-order valence-electron chi connectivity index (χ2n) is 10.7. The minimum atomic E-state index is 0.0249. The van der Waals surface area contributed by atoms with Gasteiger partial charge < -0.3 is 15.4 Å². The Labute approximate surface area is 245 Å². The number of nitrogens with one attached hydrogen (secondary N) is 1. The number of imidazole rings is 1. The minimum absolute atomic E-state index is 0.0249. The first-order valence-electron chi connectivity index (χ1n) is 14.4. The molecule has 9 heteroatoms. The van der Waals surface area contributed by atoms with E-state index in [1.165, 1.54) is 23.6 Å². The average molecular weight is 562 g/mol. The summed E-state index contributed by atoms with van der Waals surface area (Å²) < 4.78 is 7.44. The number of aromatic nitrogens is 5. The van der Waals surface area contributed by atoms with E-state index >= 15 is 0 Å². The van der Waals surface area contributed by atoms with Crippen LogP contribution in [0.5, 0.6) is 5.88 Å². The lowest BCUT2D eigenvalue weighted by Gasteiger charge is -2.29. The average Bonchev–Trinajstić information content (AvgIpc) is 3.81. The van der Waals surface area contributed by atoms with Gasteiger partial charge in [-0.15, -0.1) is 5.10 Å². The number of methoxy groups -OCH3 is 1. The summed E-state index contributed by atoms with van der Waals surface area (Å²) in [5.74, 6) is 0.552. The van der Waals surface area contributed by atoms with Gasteiger partial charge in [0.1, 0.15) is 5.69 Å². The number of piperidine rings is 1. The number of aromatic amines is 1. The van der Waals surface area contributed by atoms with E-state index < -0.39 is 0 Å². The van der Waals surface area contributed by atoms with Gasteiger partial charge in [0.2, 0.25) is 11.8 Å². The van der Waals surface area contributed by atoms with Crippen LogP contribution < -0.4 is 10.5 Å². The van der Waals surface area contributed by atoms with Gasteiger partial charge in [0.15, 0.2) is 5.65 Å². The fraction of sp³-hybridized carbons (Fsp3) is 0.273. The van der Waals surface area contributed by atoms with Crippen molar-refractivity contribution in [3.63, 3.8) is 0 Å². The van der Waals surface area contributed by atoms with Gasteiger partial charge in [-0.2, -0.15) is 5.10 Å². The molecule has 0 atom stereocenters. The van der Waals surface area contributed by atoms with Crippen molar-refractivity contribution in [1.29, 1.82) is 0 Å². The number of carbonyl (C=O) groups excluding carboxylic acids is 1. The third-order valence-corrected chi connectivity index (χ3v) is 8.03. The van der Waals surface area contributed by atoms with Gasteiger partial charge in [0.25, 0.3) is 0 Å². The summed E-state index contributed by atoms with van der Waals surface area (Å²) in [4.78, 5) is 17.9. The highest BCUT2D eigenvalue weighted by Crippen LogP contribution is 2.38. The molecule has 3 aromatic heterocycles. The molecule has 2 aromatic carbocycles. The van der Waals surface area contributed by atoms with E-state index in [0.717, 1.165) is 78.1 Å². The Bertz CT molecular complexity index is 1700. The van der Waals surface area contributed by atoms with Crippen molar-refractivity contribution in [2.75, 3.05) is 20.2 Å². The fourth-order valence-electron chi connectivity index (χ4n) is 5.73. The van der Waals surface area contributed by atoms with Crippen LogP contribution in [0.25, 0.3) is 39.3 Å². The van der Waals surface area contributed by atoms with Crippen molar-refractivity contribution in [1.82, 2.24) is 29.7 Å². The summed E-state index contributed by atoms with van der Waals surface area (Å²) >= 11 is 0. The molecule has 1 aliphatic carbocycles. The molecule has 5 aromatic rings. The molecule has 1 amide bonds. The van der Waals surface area contributed by atoms with Crippen LogP contribution in [0.3, 0.4) is 0 Å². The normalized spacial score (nSPS) is 14.8. The predicted molar refractivity (Wildman–Crippen MR) is 164 cm³/mol. The van der Waals surface area contributed by atoms with Gasteiger partial charge >= 0.3 is 0 Å². The Morgan fingerprint density at radius 3 is 2.55 bits per heavy atom. The summed E-state index contributed by atoms with van der Waals surface area (Å²) in [6.07, 6.45) is 10.4. The summed E-state index contributed by atoms with van der Waals surface area (Å²) in [6.45, 7) is 5.00. The second-order valence-corrected chi connectivity index (χ2v) is 10.7. The molecule has 1 saturated heterocycles. The molecule has 0 bridgehead atoms.